The van der Waals surface area contributed by atoms with Crippen LogP contribution in [0.1, 0.15) is 39.2 Å². The van der Waals surface area contributed by atoms with Crippen LogP contribution >= 0.6 is 0 Å². The molecule has 0 atom stereocenters. The number of aromatic nitrogens is 2. The van der Waals surface area contributed by atoms with Gasteiger partial charge in [0.2, 0.25) is 0 Å². The summed E-state index contributed by atoms with van der Waals surface area (Å²) in [6.07, 6.45) is 8.01. The number of carbonyl (C=O) groups is 1. The molecular weight excluding hydrogens is 302 g/mol. The first-order valence-electron chi connectivity index (χ1n) is 8.44. The molecule has 2 aromatic rings. The zero-order valence-corrected chi connectivity index (χ0v) is 14.5. The van der Waals surface area contributed by atoms with Crippen LogP contribution < -0.4 is 0 Å². The van der Waals surface area contributed by atoms with Crippen LogP contribution in [0, 0.1) is 5.41 Å². The van der Waals surface area contributed by atoms with E-state index in [0.29, 0.717) is 0 Å². The van der Waals surface area contributed by atoms with Crippen molar-refractivity contribution in [2.45, 2.75) is 39.2 Å². The van der Waals surface area contributed by atoms with Gasteiger partial charge in [-0.2, -0.15) is 5.10 Å². The average molecular weight is 325 g/mol. The number of hydrogen-bond donors (Lipinski definition) is 0. The van der Waals surface area contributed by atoms with Crippen molar-refractivity contribution in [1.29, 1.82) is 0 Å². The number of pyridine rings is 1. The second-order valence-corrected chi connectivity index (χ2v) is 8.06. The number of nitrogens with zero attached hydrogens (tertiary/aromatic N) is 3. The van der Waals surface area contributed by atoms with Gasteiger partial charge in [0.25, 0.3) is 0 Å². The minimum absolute atomic E-state index is 0.192. The van der Waals surface area contributed by atoms with E-state index in [0.717, 1.165) is 31.4 Å². The number of allylic oxidation sites excluding steroid dienone is 2. The molecule has 0 N–H and O–H groups in total. The van der Waals surface area contributed by atoms with Crippen molar-refractivity contribution in [3.63, 3.8) is 0 Å². The maximum atomic E-state index is 12.1. The molecule has 1 spiro atoms. The third-order valence-electron chi connectivity index (χ3n) is 4.82. The third-order valence-corrected chi connectivity index (χ3v) is 4.82. The van der Waals surface area contributed by atoms with Gasteiger partial charge < -0.3 is 9.64 Å². The van der Waals surface area contributed by atoms with Gasteiger partial charge >= 0.3 is 6.09 Å². The van der Waals surface area contributed by atoms with Crippen LogP contribution in [0.5, 0.6) is 0 Å². The number of rotatable bonds is 1. The molecule has 1 saturated heterocycles. The van der Waals surface area contributed by atoms with Gasteiger partial charge in [-0.3, -0.25) is 0 Å². The molecule has 126 valence electrons. The van der Waals surface area contributed by atoms with Crippen LogP contribution in [-0.4, -0.2) is 39.3 Å². The molecule has 1 aliphatic carbocycles. The average Bonchev–Trinajstić information content (AvgIpc) is 3.09. The second kappa shape index (κ2) is 5.10. The van der Waals surface area contributed by atoms with E-state index >= 15 is 0 Å². The summed E-state index contributed by atoms with van der Waals surface area (Å²) in [7, 11) is 0. The molecule has 5 heteroatoms. The van der Waals surface area contributed by atoms with Crippen LogP contribution in [0.4, 0.5) is 4.79 Å². The van der Waals surface area contributed by atoms with E-state index < -0.39 is 5.60 Å². The number of ether oxygens (including phenoxy) is 1. The predicted molar refractivity (Wildman–Crippen MR) is 92.6 cm³/mol. The molecule has 24 heavy (non-hydrogen) atoms. The topological polar surface area (TPSA) is 46.8 Å². The first kappa shape index (κ1) is 15.2. The van der Waals surface area contributed by atoms with Crippen LogP contribution in [0.15, 0.2) is 36.7 Å². The van der Waals surface area contributed by atoms with Crippen molar-refractivity contribution in [2.24, 2.45) is 5.41 Å². The van der Waals surface area contributed by atoms with Crippen molar-refractivity contribution in [2.75, 3.05) is 13.1 Å². The largest absolute Gasteiger partial charge is 0.444 e. The van der Waals surface area contributed by atoms with Gasteiger partial charge in [0.05, 0.1) is 5.52 Å². The summed E-state index contributed by atoms with van der Waals surface area (Å²) in [4.78, 5) is 13.9. The molecule has 0 radical (unpaired) electrons. The summed E-state index contributed by atoms with van der Waals surface area (Å²) in [6, 6.07) is 6.32. The highest BCUT2D eigenvalue weighted by Gasteiger charge is 2.48. The highest BCUT2D eigenvalue weighted by Crippen LogP contribution is 2.48. The summed E-state index contributed by atoms with van der Waals surface area (Å²) in [5, 5.41) is 4.24. The standard InChI is InChI=1S/C19H23N3O2/c1-18(2,3)24-17(23)21-12-19(13-21)7-4-15(11-19)14-6-9-22-16(10-14)5-8-20-22/h4-6,8-10H,7,11-13H2,1-3H3. The Morgan fingerprint density at radius 3 is 2.83 bits per heavy atom. The quantitative estimate of drug-likeness (QED) is 0.802. The van der Waals surface area contributed by atoms with Gasteiger partial charge in [0, 0.05) is 30.9 Å². The lowest BCUT2D eigenvalue weighted by Gasteiger charge is -2.48. The van der Waals surface area contributed by atoms with Gasteiger partial charge in [0.15, 0.2) is 0 Å². The lowest BCUT2D eigenvalue weighted by atomic mass is 9.76. The summed E-state index contributed by atoms with van der Waals surface area (Å²) < 4.78 is 7.33. The Morgan fingerprint density at radius 2 is 2.08 bits per heavy atom. The Hall–Kier alpha value is -2.30. The molecular formula is C19H23N3O2. The van der Waals surface area contributed by atoms with E-state index in [-0.39, 0.29) is 11.5 Å². The fourth-order valence-corrected chi connectivity index (χ4v) is 3.69. The van der Waals surface area contributed by atoms with Crippen LogP contribution in [0.2, 0.25) is 0 Å². The normalized spacial score (nSPS) is 19.5. The van der Waals surface area contributed by atoms with Crippen molar-refractivity contribution < 1.29 is 9.53 Å². The highest BCUT2D eigenvalue weighted by atomic mass is 16.6. The number of fused-ring (bicyclic) bond motifs is 1. The van der Waals surface area contributed by atoms with Crippen molar-refractivity contribution in [3.05, 3.63) is 42.2 Å². The van der Waals surface area contributed by atoms with E-state index in [1.54, 1.807) is 0 Å². The lowest BCUT2D eigenvalue weighted by molar-refractivity contribution is -0.0293. The number of hydrogen-bond acceptors (Lipinski definition) is 3. The van der Waals surface area contributed by atoms with Crippen molar-refractivity contribution in [1.82, 2.24) is 14.5 Å². The fourth-order valence-electron chi connectivity index (χ4n) is 3.69. The minimum Gasteiger partial charge on any atom is -0.444 e. The van der Waals surface area contributed by atoms with Crippen molar-refractivity contribution >= 4 is 17.2 Å². The first-order chi connectivity index (χ1) is 11.3. The Morgan fingerprint density at radius 1 is 1.29 bits per heavy atom. The summed E-state index contributed by atoms with van der Waals surface area (Å²) in [5.41, 5.74) is 3.52. The first-order valence-corrected chi connectivity index (χ1v) is 8.44. The second-order valence-electron chi connectivity index (χ2n) is 8.06. The SMILES string of the molecule is CC(C)(C)OC(=O)N1CC2(CC=C(c3ccn4nccc4c3)C2)C1. The molecule has 5 nitrogen and oxygen atoms in total. The zero-order valence-electron chi connectivity index (χ0n) is 14.5. The number of amides is 1. The predicted octanol–water partition coefficient (Wildman–Crippen LogP) is 3.75. The van der Waals surface area contributed by atoms with Gasteiger partial charge in [-0.15, -0.1) is 0 Å². The molecule has 2 aromatic heterocycles. The van der Waals surface area contributed by atoms with Gasteiger partial charge in [-0.25, -0.2) is 9.31 Å². The monoisotopic (exact) mass is 325 g/mol. The smallest absolute Gasteiger partial charge is 0.410 e. The molecule has 1 amide bonds. The van der Waals surface area contributed by atoms with Gasteiger partial charge in [-0.05, 0) is 62.9 Å². The minimum atomic E-state index is -0.431. The third kappa shape index (κ3) is 2.68. The molecule has 0 bridgehead atoms. The molecule has 4 rings (SSSR count). The molecule has 1 fully saturated rings. The number of likely N-dealkylation sites (tertiary alicyclic amines) is 1. The van der Waals surface area contributed by atoms with Crippen LogP contribution in [0.3, 0.4) is 0 Å². The molecule has 0 unspecified atom stereocenters. The molecule has 0 saturated carbocycles. The molecule has 3 heterocycles. The highest BCUT2D eigenvalue weighted by molar-refractivity contribution is 5.74. The van der Waals surface area contributed by atoms with E-state index in [1.165, 1.54) is 11.1 Å². The van der Waals surface area contributed by atoms with Crippen LogP contribution in [0.25, 0.3) is 11.1 Å². The number of carbonyl (C=O) groups excluding carboxylic acids is 1. The van der Waals surface area contributed by atoms with Crippen LogP contribution in [-0.2, 0) is 4.74 Å². The van der Waals surface area contributed by atoms with E-state index in [4.69, 9.17) is 4.74 Å². The molecule has 0 aromatic carbocycles. The maximum absolute atomic E-state index is 12.1. The van der Waals surface area contributed by atoms with E-state index in [1.807, 2.05) is 48.6 Å². The summed E-state index contributed by atoms with van der Waals surface area (Å²) in [5.74, 6) is 0. The van der Waals surface area contributed by atoms with Crippen molar-refractivity contribution in [3.8, 4) is 0 Å². The maximum Gasteiger partial charge on any atom is 0.410 e. The zero-order chi connectivity index (χ0) is 16.9. The molecule has 2 aliphatic rings. The fraction of sp³-hybridized carbons (Fsp3) is 0.474. The summed E-state index contributed by atoms with van der Waals surface area (Å²) >= 11 is 0. The van der Waals surface area contributed by atoms with E-state index in [9.17, 15) is 4.79 Å². The summed E-state index contributed by atoms with van der Waals surface area (Å²) in [6.45, 7) is 7.29. The Bertz CT molecular complexity index is 822. The molecule has 1 aliphatic heterocycles. The Balaban J connectivity index is 1.41. The lowest BCUT2D eigenvalue weighted by Crippen LogP contribution is -2.58. The Labute approximate surface area is 141 Å². The van der Waals surface area contributed by atoms with Gasteiger partial charge in [0.1, 0.15) is 5.60 Å². The van der Waals surface area contributed by atoms with Gasteiger partial charge in [-0.1, -0.05) is 6.08 Å². The van der Waals surface area contributed by atoms with E-state index in [2.05, 4.69) is 23.3 Å². The Kier molecular flexibility index (Phi) is 3.24.